The van der Waals surface area contributed by atoms with Gasteiger partial charge in [0.25, 0.3) is 0 Å². The molecule has 1 aromatic heterocycles. The SMILES string of the molecule is C[C@@H]1CN(c2nc(Cl)nc(NCC3(O)CCCC3)c2[N+](=O)[O-])[C@@H](C)CN1C(c1ccc(Cl)cc1)c1ccc(Cl)cc1. The molecule has 1 aliphatic carbocycles. The summed E-state index contributed by atoms with van der Waals surface area (Å²) in [5.41, 5.74) is 1.00. The molecule has 2 aromatic carbocycles. The normalized spacial score (nSPS) is 20.9. The van der Waals surface area contributed by atoms with Crippen LogP contribution in [0.15, 0.2) is 48.5 Å². The summed E-state index contributed by atoms with van der Waals surface area (Å²) >= 11 is 18.7. The molecule has 218 valence electrons. The Hall–Kier alpha value is -2.69. The maximum absolute atomic E-state index is 12.4. The van der Waals surface area contributed by atoms with Gasteiger partial charge in [0.05, 0.1) is 16.6 Å². The molecule has 0 radical (unpaired) electrons. The number of hydrogen-bond acceptors (Lipinski definition) is 8. The quantitative estimate of drug-likeness (QED) is 0.162. The zero-order valence-corrected chi connectivity index (χ0v) is 25.2. The van der Waals surface area contributed by atoms with Crippen molar-refractivity contribution < 1.29 is 10.0 Å². The first-order valence-electron chi connectivity index (χ1n) is 13.8. The minimum absolute atomic E-state index is 0.0211. The van der Waals surface area contributed by atoms with Crippen LogP contribution < -0.4 is 10.2 Å². The molecule has 12 heteroatoms. The lowest BCUT2D eigenvalue weighted by Crippen LogP contribution is -2.57. The van der Waals surface area contributed by atoms with Crippen LogP contribution in [-0.2, 0) is 0 Å². The first kappa shape index (κ1) is 29.8. The smallest absolute Gasteiger partial charge is 0.353 e. The average molecular weight is 620 g/mol. The zero-order chi connectivity index (χ0) is 29.3. The van der Waals surface area contributed by atoms with E-state index < -0.39 is 10.5 Å². The van der Waals surface area contributed by atoms with E-state index in [1.165, 1.54) is 0 Å². The molecule has 1 saturated heterocycles. The molecule has 3 aromatic rings. The predicted octanol–water partition coefficient (Wildman–Crippen LogP) is 6.75. The van der Waals surface area contributed by atoms with Crippen LogP contribution >= 0.6 is 34.8 Å². The van der Waals surface area contributed by atoms with Crippen molar-refractivity contribution in [1.82, 2.24) is 14.9 Å². The van der Waals surface area contributed by atoms with E-state index in [1.807, 2.05) is 60.4 Å². The first-order valence-corrected chi connectivity index (χ1v) is 14.9. The second-order valence-corrected chi connectivity index (χ2v) is 12.3. The van der Waals surface area contributed by atoms with Gasteiger partial charge in [0, 0.05) is 41.8 Å². The molecule has 0 bridgehead atoms. The van der Waals surface area contributed by atoms with Gasteiger partial charge in [-0.15, -0.1) is 0 Å². The van der Waals surface area contributed by atoms with Gasteiger partial charge < -0.3 is 15.3 Å². The molecule has 2 heterocycles. The third kappa shape index (κ3) is 6.54. The van der Waals surface area contributed by atoms with E-state index in [2.05, 4.69) is 27.1 Å². The van der Waals surface area contributed by atoms with Gasteiger partial charge >= 0.3 is 5.69 Å². The first-order chi connectivity index (χ1) is 19.5. The lowest BCUT2D eigenvalue weighted by Gasteiger charge is -2.48. The molecule has 0 spiro atoms. The molecule has 9 nitrogen and oxygen atoms in total. The van der Waals surface area contributed by atoms with Crippen molar-refractivity contribution in [3.63, 3.8) is 0 Å². The monoisotopic (exact) mass is 618 g/mol. The van der Waals surface area contributed by atoms with Crippen LogP contribution in [0, 0.1) is 10.1 Å². The Morgan fingerprint density at radius 1 is 0.976 bits per heavy atom. The highest BCUT2D eigenvalue weighted by Crippen LogP contribution is 2.40. The summed E-state index contributed by atoms with van der Waals surface area (Å²) in [7, 11) is 0. The second-order valence-electron chi connectivity index (χ2n) is 11.1. The number of rotatable bonds is 8. The summed E-state index contributed by atoms with van der Waals surface area (Å²) in [4.78, 5) is 24.7. The topological polar surface area (TPSA) is 108 Å². The Morgan fingerprint density at radius 2 is 1.54 bits per heavy atom. The number of halogens is 3. The third-order valence-corrected chi connectivity index (χ3v) is 8.82. The fourth-order valence-corrected chi connectivity index (χ4v) is 6.46. The fourth-order valence-electron chi connectivity index (χ4n) is 6.04. The minimum Gasteiger partial charge on any atom is -0.388 e. The molecular formula is C29H33Cl3N6O3. The van der Waals surface area contributed by atoms with Crippen LogP contribution in [0.1, 0.15) is 56.7 Å². The van der Waals surface area contributed by atoms with E-state index in [4.69, 9.17) is 34.8 Å². The highest BCUT2D eigenvalue weighted by atomic mass is 35.5. The van der Waals surface area contributed by atoms with Gasteiger partial charge in [0.2, 0.25) is 16.9 Å². The van der Waals surface area contributed by atoms with Crippen LogP contribution in [0.3, 0.4) is 0 Å². The Balaban J connectivity index is 1.46. The van der Waals surface area contributed by atoms with Crippen molar-refractivity contribution in [2.45, 2.75) is 63.3 Å². The van der Waals surface area contributed by atoms with Gasteiger partial charge in [-0.2, -0.15) is 9.97 Å². The highest BCUT2D eigenvalue weighted by molar-refractivity contribution is 6.30. The molecular weight excluding hydrogens is 587 g/mol. The van der Waals surface area contributed by atoms with Crippen LogP contribution in [0.5, 0.6) is 0 Å². The number of benzene rings is 2. The van der Waals surface area contributed by atoms with Crippen LogP contribution in [0.2, 0.25) is 15.3 Å². The molecule has 0 amide bonds. The van der Waals surface area contributed by atoms with Gasteiger partial charge in [-0.1, -0.05) is 60.3 Å². The Morgan fingerprint density at radius 3 is 2.07 bits per heavy atom. The number of nitrogens with one attached hydrogen (secondary N) is 1. The number of nitro groups is 1. The number of anilines is 2. The molecule has 5 rings (SSSR count). The average Bonchev–Trinajstić information content (AvgIpc) is 3.37. The molecule has 2 aliphatic rings. The second kappa shape index (κ2) is 12.3. The van der Waals surface area contributed by atoms with Gasteiger partial charge in [0.1, 0.15) is 0 Å². The van der Waals surface area contributed by atoms with Gasteiger partial charge in [-0.05, 0) is 73.7 Å². The van der Waals surface area contributed by atoms with Crippen molar-refractivity contribution in [1.29, 1.82) is 0 Å². The van der Waals surface area contributed by atoms with E-state index in [0.29, 0.717) is 36.0 Å². The summed E-state index contributed by atoms with van der Waals surface area (Å²) in [6.45, 7) is 5.34. The van der Waals surface area contributed by atoms with Crippen molar-refractivity contribution >= 4 is 52.1 Å². The lowest BCUT2D eigenvalue weighted by molar-refractivity contribution is -0.383. The molecule has 41 heavy (non-hydrogen) atoms. The molecule has 2 fully saturated rings. The number of aliphatic hydroxyl groups is 1. The molecule has 0 unspecified atom stereocenters. The van der Waals surface area contributed by atoms with E-state index in [1.54, 1.807) is 0 Å². The van der Waals surface area contributed by atoms with Gasteiger partial charge in [-0.25, -0.2) is 0 Å². The van der Waals surface area contributed by atoms with Gasteiger partial charge in [0.15, 0.2) is 0 Å². The number of nitrogens with zero attached hydrogens (tertiary/aromatic N) is 5. The number of aromatic nitrogens is 2. The summed E-state index contributed by atoms with van der Waals surface area (Å²) in [5, 5.41) is 27.4. The van der Waals surface area contributed by atoms with E-state index in [-0.39, 0.29) is 47.3 Å². The van der Waals surface area contributed by atoms with Crippen LogP contribution in [-0.4, -0.2) is 62.2 Å². The Kier molecular flexibility index (Phi) is 8.92. The summed E-state index contributed by atoms with van der Waals surface area (Å²) < 4.78 is 0. The lowest BCUT2D eigenvalue weighted by atomic mass is 9.93. The third-order valence-electron chi connectivity index (χ3n) is 8.15. The predicted molar refractivity (Wildman–Crippen MR) is 163 cm³/mol. The summed E-state index contributed by atoms with van der Waals surface area (Å²) in [5.74, 6) is 0.192. The fraction of sp³-hybridized carbons (Fsp3) is 0.448. The van der Waals surface area contributed by atoms with Crippen molar-refractivity contribution in [3.8, 4) is 0 Å². The Labute approximate surface area is 254 Å². The number of piperazine rings is 1. The van der Waals surface area contributed by atoms with Crippen molar-refractivity contribution in [2.75, 3.05) is 29.9 Å². The highest BCUT2D eigenvalue weighted by Gasteiger charge is 2.40. The largest absolute Gasteiger partial charge is 0.388 e. The minimum atomic E-state index is -0.919. The van der Waals surface area contributed by atoms with E-state index >= 15 is 0 Å². The molecule has 2 atom stereocenters. The molecule has 1 aliphatic heterocycles. The van der Waals surface area contributed by atoms with E-state index in [0.717, 1.165) is 24.0 Å². The van der Waals surface area contributed by atoms with Crippen molar-refractivity contribution in [3.05, 3.63) is 85.1 Å². The molecule has 1 saturated carbocycles. The van der Waals surface area contributed by atoms with Crippen LogP contribution in [0.4, 0.5) is 17.3 Å². The standard InChI is InChI=1S/C29H33Cl3N6O3/c1-18-16-37(27-25(38(40)41)26(34-28(32)35-27)33-17-29(39)13-3-4-14-29)19(2)15-36(18)24(20-5-9-22(30)10-6-20)21-7-11-23(31)12-8-21/h5-12,18-19,24,39H,3-4,13-17H2,1-2H3,(H,33,34,35)/t18-,19+/m1/s1. The van der Waals surface area contributed by atoms with Crippen molar-refractivity contribution in [2.24, 2.45) is 0 Å². The maximum Gasteiger partial charge on any atom is 0.353 e. The molecule has 2 N–H and O–H groups in total. The summed E-state index contributed by atoms with van der Waals surface area (Å²) in [6, 6.07) is 15.4. The summed E-state index contributed by atoms with van der Waals surface area (Å²) in [6.07, 6.45) is 3.11. The number of hydrogen-bond donors (Lipinski definition) is 2. The van der Waals surface area contributed by atoms with E-state index in [9.17, 15) is 15.2 Å². The maximum atomic E-state index is 12.4. The Bertz CT molecular complexity index is 1340. The van der Waals surface area contributed by atoms with Gasteiger partial charge in [-0.3, -0.25) is 15.0 Å². The van der Waals surface area contributed by atoms with Crippen LogP contribution in [0.25, 0.3) is 0 Å². The zero-order valence-electron chi connectivity index (χ0n) is 22.9.